The first-order valence-electron chi connectivity index (χ1n) is 10.7. The van der Waals surface area contributed by atoms with Crippen molar-refractivity contribution in [1.29, 1.82) is 0 Å². The SMILES string of the molecule is CCCC[C@@H](C(=O)OCC(=O)NNC(=O)c1ccc(Br)cc1)N1C(=O)c2c(Cl)c(Cl)c(Cl)c(Cl)c2C1=O. The van der Waals surface area contributed by atoms with E-state index < -0.39 is 42.2 Å². The second-order valence-electron chi connectivity index (χ2n) is 7.76. The summed E-state index contributed by atoms with van der Waals surface area (Å²) in [4.78, 5) is 64.2. The van der Waals surface area contributed by atoms with Crippen LogP contribution in [0.25, 0.3) is 0 Å². The van der Waals surface area contributed by atoms with Gasteiger partial charge in [-0.15, -0.1) is 0 Å². The number of unbranched alkanes of at least 4 members (excludes halogenated alkanes) is 1. The van der Waals surface area contributed by atoms with Crippen LogP contribution in [0.3, 0.4) is 0 Å². The number of ether oxygens (including phenoxy) is 1. The molecule has 0 spiro atoms. The zero-order valence-electron chi connectivity index (χ0n) is 19.0. The number of imide groups is 1. The number of hydrogen-bond donors (Lipinski definition) is 2. The van der Waals surface area contributed by atoms with Crippen LogP contribution in [0, 0.1) is 0 Å². The molecule has 196 valence electrons. The van der Waals surface area contributed by atoms with Crippen LogP contribution in [0.5, 0.6) is 0 Å². The number of halogens is 5. The first-order chi connectivity index (χ1) is 17.5. The minimum Gasteiger partial charge on any atom is -0.454 e. The zero-order chi connectivity index (χ0) is 27.4. The number of amides is 4. The van der Waals surface area contributed by atoms with Gasteiger partial charge in [-0.25, -0.2) is 4.79 Å². The number of nitrogens with one attached hydrogen (secondary N) is 2. The molecule has 2 aromatic carbocycles. The minimum absolute atomic E-state index is 0.0550. The molecule has 1 aliphatic rings. The van der Waals surface area contributed by atoms with E-state index >= 15 is 0 Å². The number of rotatable bonds is 8. The first-order valence-corrected chi connectivity index (χ1v) is 13.0. The summed E-state index contributed by atoms with van der Waals surface area (Å²) in [5.41, 5.74) is 4.06. The molecule has 0 bridgehead atoms. The van der Waals surface area contributed by atoms with Crippen molar-refractivity contribution >= 4 is 91.9 Å². The first kappa shape index (κ1) is 29.2. The number of carbonyl (C=O) groups excluding carboxylic acids is 5. The lowest BCUT2D eigenvalue weighted by Gasteiger charge is -2.24. The highest BCUT2D eigenvalue weighted by Gasteiger charge is 2.47. The van der Waals surface area contributed by atoms with Gasteiger partial charge in [0, 0.05) is 10.0 Å². The number of carbonyl (C=O) groups is 5. The highest BCUT2D eigenvalue weighted by atomic mass is 79.9. The van der Waals surface area contributed by atoms with Gasteiger partial charge >= 0.3 is 5.97 Å². The third-order valence-corrected chi connectivity index (χ3v) is 7.65. The summed E-state index contributed by atoms with van der Waals surface area (Å²) < 4.78 is 5.83. The van der Waals surface area contributed by atoms with E-state index in [1.54, 1.807) is 12.1 Å². The monoisotopic (exact) mass is 651 g/mol. The second kappa shape index (κ2) is 12.4. The standard InChI is InChI=1S/C23H18BrCl4N3O6/c1-2-3-4-12(31-21(34)14-15(22(31)35)17(26)19(28)18(27)16(14)25)23(36)37-9-13(32)29-30-20(33)10-5-7-11(24)8-6-10/h5-8,12H,2-4,9H2,1H3,(H,29,32)(H,30,33)/t12-/m0/s1. The number of esters is 1. The van der Waals surface area contributed by atoms with Gasteiger partial charge in [0.05, 0.1) is 31.2 Å². The van der Waals surface area contributed by atoms with Crippen LogP contribution in [-0.4, -0.2) is 47.1 Å². The lowest BCUT2D eigenvalue weighted by atomic mass is 10.1. The molecule has 14 heteroatoms. The number of benzene rings is 2. The van der Waals surface area contributed by atoms with Crippen LogP contribution in [0.1, 0.15) is 57.3 Å². The molecule has 1 atom stereocenters. The molecule has 0 saturated heterocycles. The maximum Gasteiger partial charge on any atom is 0.329 e. The van der Waals surface area contributed by atoms with E-state index in [2.05, 4.69) is 26.8 Å². The van der Waals surface area contributed by atoms with Gasteiger partial charge in [0.1, 0.15) is 6.04 Å². The normalized spacial score (nSPS) is 13.3. The summed E-state index contributed by atoms with van der Waals surface area (Å²) in [7, 11) is 0. The molecule has 2 N–H and O–H groups in total. The lowest BCUT2D eigenvalue weighted by Crippen LogP contribution is -2.47. The van der Waals surface area contributed by atoms with Crippen LogP contribution >= 0.6 is 62.3 Å². The molecule has 0 saturated carbocycles. The van der Waals surface area contributed by atoms with Crippen molar-refractivity contribution in [2.24, 2.45) is 0 Å². The molecule has 9 nitrogen and oxygen atoms in total. The Balaban J connectivity index is 1.70. The van der Waals surface area contributed by atoms with Crippen molar-refractivity contribution in [2.45, 2.75) is 32.2 Å². The molecule has 0 aliphatic carbocycles. The van der Waals surface area contributed by atoms with Crippen molar-refractivity contribution in [1.82, 2.24) is 15.8 Å². The molecule has 2 aromatic rings. The summed E-state index contributed by atoms with van der Waals surface area (Å²) in [6.07, 6.45) is 1.14. The molecule has 0 fully saturated rings. The number of hydrazine groups is 1. The van der Waals surface area contributed by atoms with Gasteiger partial charge in [-0.2, -0.15) is 0 Å². The Labute approximate surface area is 239 Å². The maximum absolute atomic E-state index is 13.1. The summed E-state index contributed by atoms with van der Waals surface area (Å²) in [5, 5.41) is -0.944. The van der Waals surface area contributed by atoms with E-state index in [0.29, 0.717) is 17.7 Å². The Morgan fingerprint density at radius 1 is 0.919 bits per heavy atom. The van der Waals surface area contributed by atoms with E-state index in [1.807, 2.05) is 6.92 Å². The Kier molecular flexibility index (Phi) is 9.82. The Bertz CT molecular complexity index is 1240. The zero-order valence-corrected chi connectivity index (χ0v) is 23.6. The maximum atomic E-state index is 13.1. The predicted molar refractivity (Wildman–Crippen MR) is 141 cm³/mol. The average molecular weight is 654 g/mol. The molecule has 0 aromatic heterocycles. The summed E-state index contributed by atoms with van der Waals surface area (Å²) in [6.45, 7) is 1.06. The molecular weight excluding hydrogens is 636 g/mol. The third kappa shape index (κ3) is 6.21. The highest BCUT2D eigenvalue weighted by molar-refractivity contribution is 9.10. The van der Waals surface area contributed by atoms with Crippen molar-refractivity contribution in [3.8, 4) is 0 Å². The quantitative estimate of drug-likeness (QED) is 0.132. The van der Waals surface area contributed by atoms with Crippen molar-refractivity contribution in [2.75, 3.05) is 6.61 Å². The largest absolute Gasteiger partial charge is 0.454 e. The molecule has 3 rings (SSSR count). The number of nitrogens with zero attached hydrogens (tertiary/aromatic N) is 1. The van der Waals surface area contributed by atoms with Gasteiger partial charge in [0.2, 0.25) is 0 Å². The van der Waals surface area contributed by atoms with Crippen molar-refractivity contribution < 1.29 is 28.7 Å². The van der Waals surface area contributed by atoms with Crippen LogP contribution in [0.15, 0.2) is 28.7 Å². The van der Waals surface area contributed by atoms with Crippen molar-refractivity contribution in [3.63, 3.8) is 0 Å². The molecular formula is C23H18BrCl4N3O6. The smallest absolute Gasteiger partial charge is 0.329 e. The van der Waals surface area contributed by atoms with Crippen molar-refractivity contribution in [3.05, 3.63) is 65.5 Å². The summed E-state index contributed by atoms with van der Waals surface area (Å²) >= 11 is 27.7. The minimum atomic E-state index is -1.37. The number of fused-ring (bicyclic) bond motifs is 1. The third-order valence-electron chi connectivity index (χ3n) is 5.31. The molecule has 1 heterocycles. The van der Waals surface area contributed by atoms with Gasteiger partial charge in [0.25, 0.3) is 23.6 Å². The van der Waals surface area contributed by atoms with E-state index in [-0.39, 0.29) is 43.2 Å². The molecule has 37 heavy (non-hydrogen) atoms. The van der Waals surface area contributed by atoms with Crippen LogP contribution in [0.4, 0.5) is 0 Å². The fraction of sp³-hybridized carbons (Fsp3) is 0.261. The Morgan fingerprint density at radius 2 is 1.46 bits per heavy atom. The summed E-state index contributed by atoms with van der Waals surface area (Å²) in [6, 6.07) is 4.99. The van der Waals surface area contributed by atoms with E-state index in [0.717, 1.165) is 4.47 Å². The number of hydrogen-bond acceptors (Lipinski definition) is 6. The van der Waals surface area contributed by atoms with Gasteiger partial charge in [-0.05, 0) is 30.7 Å². The average Bonchev–Trinajstić information content (AvgIpc) is 3.14. The lowest BCUT2D eigenvalue weighted by molar-refractivity contribution is -0.152. The fourth-order valence-electron chi connectivity index (χ4n) is 3.47. The molecule has 4 amide bonds. The fourth-order valence-corrected chi connectivity index (χ4v) is 4.75. The van der Waals surface area contributed by atoms with Crippen LogP contribution < -0.4 is 10.9 Å². The van der Waals surface area contributed by atoms with Gasteiger partial charge in [0.15, 0.2) is 6.61 Å². The van der Waals surface area contributed by atoms with E-state index in [1.165, 1.54) is 12.1 Å². The molecule has 0 radical (unpaired) electrons. The predicted octanol–water partition coefficient (Wildman–Crippen LogP) is 5.22. The molecule has 1 aliphatic heterocycles. The highest BCUT2D eigenvalue weighted by Crippen LogP contribution is 2.45. The van der Waals surface area contributed by atoms with Crippen LogP contribution in [0.2, 0.25) is 20.1 Å². The topological polar surface area (TPSA) is 122 Å². The van der Waals surface area contributed by atoms with E-state index in [4.69, 9.17) is 51.1 Å². The molecule has 0 unspecified atom stereocenters. The van der Waals surface area contributed by atoms with Gasteiger partial charge in [-0.1, -0.05) is 82.1 Å². The summed E-state index contributed by atoms with van der Waals surface area (Å²) in [5.74, 6) is -4.24. The Morgan fingerprint density at radius 3 is 1.97 bits per heavy atom. The van der Waals surface area contributed by atoms with Crippen LogP contribution in [-0.2, 0) is 14.3 Å². The van der Waals surface area contributed by atoms with E-state index in [9.17, 15) is 24.0 Å². The van der Waals surface area contributed by atoms with Gasteiger partial charge < -0.3 is 4.74 Å². The Hall–Kier alpha value is -2.37. The van der Waals surface area contributed by atoms with Gasteiger partial charge in [-0.3, -0.25) is 34.9 Å². The second-order valence-corrected chi connectivity index (χ2v) is 10.2.